The van der Waals surface area contributed by atoms with Gasteiger partial charge in [0.25, 0.3) is 0 Å². The molecule has 1 aromatic rings. The summed E-state index contributed by atoms with van der Waals surface area (Å²) in [5.41, 5.74) is 6.98. The molecular formula is C12H22N4O. The van der Waals surface area contributed by atoms with Gasteiger partial charge >= 0.3 is 0 Å². The molecule has 0 saturated heterocycles. The number of hydrogen-bond acceptors (Lipinski definition) is 5. The molecule has 0 spiro atoms. The molecule has 5 heteroatoms. The van der Waals surface area contributed by atoms with Crippen LogP contribution in [0.5, 0.6) is 0 Å². The Balaban J connectivity index is 2.74. The van der Waals surface area contributed by atoms with Crippen molar-refractivity contribution in [3.8, 4) is 0 Å². The first-order valence-electron chi connectivity index (χ1n) is 5.87. The average Bonchev–Trinajstić information content (AvgIpc) is 2.28. The second-order valence-corrected chi connectivity index (χ2v) is 4.21. The van der Waals surface area contributed by atoms with Crippen LogP contribution < -0.4 is 10.6 Å². The van der Waals surface area contributed by atoms with Gasteiger partial charge < -0.3 is 15.4 Å². The van der Waals surface area contributed by atoms with E-state index in [1.54, 1.807) is 7.11 Å². The monoisotopic (exact) mass is 238 g/mol. The van der Waals surface area contributed by atoms with Crippen LogP contribution >= 0.6 is 0 Å². The van der Waals surface area contributed by atoms with E-state index in [4.69, 9.17) is 10.5 Å². The van der Waals surface area contributed by atoms with Gasteiger partial charge in [-0.1, -0.05) is 6.92 Å². The molecule has 0 aliphatic heterocycles. The molecule has 0 aliphatic rings. The molecule has 1 unspecified atom stereocenters. The minimum absolute atomic E-state index is 0.00894. The Morgan fingerprint density at radius 1 is 1.47 bits per heavy atom. The van der Waals surface area contributed by atoms with Crippen LogP contribution in [0.25, 0.3) is 0 Å². The van der Waals surface area contributed by atoms with Crippen molar-refractivity contribution >= 4 is 5.82 Å². The molecule has 0 bridgehead atoms. The molecule has 1 aromatic heterocycles. The molecule has 1 heterocycles. The van der Waals surface area contributed by atoms with Crippen molar-refractivity contribution in [1.82, 2.24) is 9.97 Å². The minimum Gasteiger partial charge on any atom is -0.383 e. The summed E-state index contributed by atoms with van der Waals surface area (Å²) in [6.45, 7) is 5.26. The highest BCUT2D eigenvalue weighted by Crippen LogP contribution is 2.11. The Hall–Kier alpha value is -1.20. The standard InChI is InChI=1S/C12H22N4O/c1-5-11-6-12(15-9(2)14-11)16(3)7-10(13)8-17-4/h6,10H,5,7-8,13H2,1-4H3. The number of aromatic nitrogens is 2. The number of ether oxygens (including phenoxy) is 1. The van der Waals surface area contributed by atoms with Crippen LogP contribution in [0.2, 0.25) is 0 Å². The van der Waals surface area contributed by atoms with Gasteiger partial charge in [-0.05, 0) is 13.3 Å². The SMILES string of the molecule is CCc1cc(N(C)CC(N)COC)nc(C)n1. The first-order valence-corrected chi connectivity index (χ1v) is 5.87. The largest absolute Gasteiger partial charge is 0.383 e. The number of anilines is 1. The van der Waals surface area contributed by atoms with Gasteiger partial charge in [0, 0.05) is 38.5 Å². The third-order valence-corrected chi connectivity index (χ3v) is 2.52. The van der Waals surface area contributed by atoms with E-state index in [1.165, 1.54) is 0 Å². The lowest BCUT2D eigenvalue weighted by Gasteiger charge is -2.22. The number of methoxy groups -OCH3 is 1. The lowest BCUT2D eigenvalue weighted by atomic mass is 10.2. The number of rotatable bonds is 6. The van der Waals surface area contributed by atoms with Crippen LogP contribution in [-0.2, 0) is 11.2 Å². The number of nitrogens with zero attached hydrogens (tertiary/aromatic N) is 3. The fourth-order valence-corrected chi connectivity index (χ4v) is 1.70. The van der Waals surface area contributed by atoms with E-state index >= 15 is 0 Å². The Bertz CT molecular complexity index is 356. The first-order chi connectivity index (χ1) is 8.06. The van der Waals surface area contributed by atoms with E-state index < -0.39 is 0 Å². The van der Waals surface area contributed by atoms with Gasteiger partial charge in [0.1, 0.15) is 11.6 Å². The normalized spacial score (nSPS) is 12.5. The fourth-order valence-electron chi connectivity index (χ4n) is 1.70. The van der Waals surface area contributed by atoms with Crippen molar-refractivity contribution in [3.05, 3.63) is 17.6 Å². The zero-order valence-electron chi connectivity index (χ0n) is 11.1. The molecule has 17 heavy (non-hydrogen) atoms. The van der Waals surface area contributed by atoms with Gasteiger partial charge in [0.05, 0.1) is 6.61 Å². The minimum atomic E-state index is -0.00894. The quantitative estimate of drug-likeness (QED) is 0.792. The Kier molecular flexibility index (Phi) is 5.31. The highest BCUT2D eigenvalue weighted by atomic mass is 16.5. The van der Waals surface area contributed by atoms with Gasteiger partial charge in [-0.2, -0.15) is 0 Å². The van der Waals surface area contributed by atoms with E-state index in [1.807, 2.05) is 24.9 Å². The van der Waals surface area contributed by atoms with Crippen molar-refractivity contribution in [2.45, 2.75) is 26.3 Å². The van der Waals surface area contributed by atoms with Gasteiger partial charge in [0.15, 0.2) is 0 Å². The average molecular weight is 238 g/mol. The van der Waals surface area contributed by atoms with E-state index in [-0.39, 0.29) is 6.04 Å². The van der Waals surface area contributed by atoms with Crippen LogP contribution in [0.3, 0.4) is 0 Å². The summed E-state index contributed by atoms with van der Waals surface area (Å²) in [6, 6.07) is 2.00. The summed E-state index contributed by atoms with van der Waals surface area (Å²) in [6.07, 6.45) is 0.911. The lowest BCUT2D eigenvalue weighted by Crippen LogP contribution is -2.38. The highest BCUT2D eigenvalue weighted by molar-refractivity contribution is 5.39. The summed E-state index contributed by atoms with van der Waals surface area (Å²) in [7, 11) is 3.64. The van der Waals surface area contributed by atoms with E-state index in [0.29, 0.717) is 13.2 Å². The van der Waals surface area contributed by atoms with Crippen LogP contribution in [0.1, 0.15) is 18.4 Å². The van der Waals surface area contributed by atoms with Crippen molar-refractivity contribution in [2.75, 3.05) is 32.2 Å². The smallest absolute Gasteiger partial charge is 0.132 e. The zero-order chi connectivity index (χ0) is 12.8. The predicted molar refractivity (Wildman–Crippen MR) is 69.3 cm³/mol. The molecule has 2 N–H and O–H groups in total. The number of hydrogen-bond donors (Lipinski definition) is 1. The molecule has 0 fully saturated rings. The van der Waals surface area contributed by atoms with Crippen molar-refractivity contribution < 1.29 is 4.74 Å². The van der Waals surface area contributed by atoms with Gasteiger partial charge in [0.2, 0.25) is 0 Å². The Labute approximate surface area is 103 Å². The lowest BCUT2D eigenvalue weighted by molar-refractivity contribution is 0.181. The van der Waals surface area contributed by atoms with Crippen LogP contribution in [0.15, 0.2) is 6.07 Å². The highest BCUT2D eigenvalue weighted by Gasteiger charge is 2.10. The van der Waals surface area contributed by atoms with Crippen molar-refractivity contribution in [1.29, 1.82) is 0 Å². The van der Waals surface area contributed by atoms with Crippen molar-refractivity contribution in [2.24, 2.45) is 5.73 Å². The maximum Gasteiger partial charge on any atom is 0.132 e. The second-order valence-electron chi connectivity index (χ2n) is 4.21. The van der Waals surface area contributed by atoms with E-state index in [0.717, 1.165) is 23.8 Å². The van der Waals surface area contributed by atoms with Gasteiger partial charge in [-0.3, -0.25) is 0 Å². The van der Waals surface area contributed by atoms with Gasteiger partial charge in [-0.25, -0.2) is 9.97 Å². The summed E-state index contributed by atoms with van der Waals surface area (Å²) >= 11 is 0. The summed E-state index contributed by atoms with van der Waals surface area (Å²) in [5, 5.41) is 0. The summed E-state index contributed by atoms with van der Waals surface area (Å²) < 4.78 is 5.02. The number of nitrogens with two attached hydrogens (primary N) is 1. The summed E-state index contributed by atoms with van der Waals surface area (Å²) in [4.78, 5) is 10.8. The number of aryl methyl sites for hydroxylation is 2. The topological polar surface area (TPSA) is 64.3 Å². The van der Waals surface area contributed by atoms with Crippen molar-refractivity contribution in [3.63, 3.8) is 0 Å². The molecule has 96 valence electrons. The third-order valence-electron chi connectivity index (χ3n) is 2.52. The van der Waals surface area contributed by atoms with Gasteiger partial charge in [-0.15, -0.1) is 0 Å². The molecule has 1 rings (SSSR count). The third kappa shape index (κ3) is 4.28. The number of likely N-dealkylation sites (N-methyl/N-ethyl adjacent to an activating group) is 1. The summed E-state index contributed by atoms with van der Waals surface area (Å²) in [5.74, 6) is 1.72. The van der Waals surface area contributed by atoms with Crippen LogP contribution in [-0.4, -0.2) is 43.3 Å². The molecule has 0 amide bonds. The first kappa shape index (κ1) is 13.9. The van der Waals surface area contributed by atoms with Crippen LogP contribution in [0.4, 0.5) is 5.82 Å². The Morgan fingerprint density at radius 3 is 2.76 bits per heavy atom. The molecular weight excluding hydrogens is 216 g/mol. The molecule has 5 nitrogen and oxygen atoms in total. The zero-order valence-corrected chi connectivity index (χ0v) is 11.1. The molecule has 0 aromatic carbocycles. The molecule has 0 aliphatic carbocycles. The fraction of sp³-hybridized carbons (Fsp3) is 0.667. The molecule has 1 atom stereocenters. The van der Waals surface area contributed by atoms with E-state index in [9.17, 15) is 0 Å². The Morgan fingerprint density at radius 2 is 2.18 bits per heavy atom. The predicted octanol–water partition coefficient (Wildman–Crippen LogP) is 0.757. The van der Waals surface area contributed by atoms with Crippen LogP contribution in [0, 0.1) is 6.92 Å². The maximum atomic E-state index is 5.92. The second kappa shape index (κ2) is 6.51. The van der Waals surface area contributed by atoms with E-state index in [2.05, 4.69) is 16.9 Å². The molecule has 0 radical (unpaired) electrons. The maximum absolute atomic E-state index is 5.92. The molecule has 0 saturated carbocycles.